The zero-order valence-corrected chi connectivity index (χ0v) is 14.9. The lowest BCUT2D eigenvalue weighted by Gasteiger charge is -2.12. The maximum atomic E-state index is 12.3. The molecular weight excluding hydrogens is 361 g/mol. The number of nitrogens with zero attached hydrogens (tertiary/aromatic N) is 1. The van der Waals surface area contributed by atoms with Gasteiger partial charge < -0.3 is 14.8 Å². The number of hydrogen-bond acceptors (Lipinski definition) is 4. The summed E-state index contributed by atoms with van der Waals surface area (Å²) in [6.45, 7) is 0.985. The van der Waals surface area contributed by atoms with E-state index in [1.807, 2.05) is 31.2 Å². The number of carbonyl (C=O) groups excluding carboxylic acids is 1. The van der Waals surface area contributed by atoms with Crippen molar-refractivity contribution in [1.82, 2.24) is 10.3 Å². The van der Waals surface area contributed by atoms with E-state index in [9.17, 15) is 18.0 Å². The highest BCUT2D eigenvalue weighted by atomic mass is 19.4. The van der Waals surface area contributed by atoms with Gasteiger partial charge in [-0.15, -0.1) is 0 Å². The van der Waals surface area contributed by atoms with Crippen LogP contribution in [0.5, 0.6) is 11.6 Å². The third kappa shape index (κ3) is 7.98. The summed E-state index contributed by atoms with van der Waals surface area (Å²) in [5.74, 6) is 0.369. The normalized spacial score (nSPS) is 11.1. The third-order valence-corrected chi connectivity index (χ3v) is 3.54. The first kappa shape index (κ1) is 20.5. The molecule has 27 heavy (non-hydrogen) atoms. The number of aryl methyl sites for hydroxylation is 1. The molecule has 1 aromatic carbocycles. The molecule has 1 heterocycles. The lowest BCUT2D eigenvalue weighted by atomic mass is 10.2. The fourth-order valence-electron chi connectivity index (χ4n) is 2.18. The molecule has 0 saturated heterocycles. The second-order valence-corrected chi connectivity index (χ2v) is 5.91. The van der Waals surface area contributed by atoms with E-state index in [4.69, 9.17) is 4.74 Å². The van der Waals surface area contributed by atoms with Crippen LogP contribution in [0.3, 0.4) is 0 Å². The third-order valence-electron chi connectivity index (χ3n) is 3.54. The second kappa shape index (κ2) is 9.80. The number of carbonyl (C=O) groups is 1. The van der Waals surface area contributed by atoms with Crippen molar-refractivity contribution >= 4 is 5.91 Å². The van der Waals surface area contributed by atoms with Gasteiger partial charge in [0.15, 0.2) is 6.61 Å². The van der Waals surface area contributed by atoms with Gasteiger partial charge in [0.25, 0.3) is 0 Å². The molecule has 2 aromatic rings. The van der Waals surface area contributed by atoms with E-state index in [0.29, 0.717) is 18.6 Å². The molecule has 1 aromatic heterocycles. The van der Waals surface area contributed by atoms with E-state index in [1.165, 1.54) is 6.20 Å². The van der Waals surface area contributed by atoms with Gasteiger partial charge in [0.2, 0.25) is 11.8 Å². The first-order valence-corrected chi connectivity index (χ1v) is 8.43. The van der Waals surface area contributed by atoms with Crippen molar-refractivity contribution in [2.75, 3.05) is 13.2 Å². The molecule has 0 aliphatic heterocycles. The standard InChI is InChI=1S/C19H21F3N2O3/c1-14-6-8-16(9-7-14)26-11-3-5-17(25)24-12-15-4-2-10-23-18(15)27-13-19(20,21)22/h2,4,6-10H,3,5,11-13H2,1H3,(H,24,25). The Balaban J connectivity index is 1.71. The minimum Gasteiger partial charge on any atom is -0.494 e. The summed E-state index contributed by atoms with van der Waals surface area (Å²) in [5.41, 5.74) is 1.52. The summed E-state index contributed by atoms with van der Waals surface area (Å²) in [4.78, 5) is 15.7. The Morgan fingerprint density at radius 3 is 2.59 bits per heavy atom. The van der Waals surface area contributed by atoms with Crippen molar-refractivity contribution in [3.05, 3.63) is 53.7 Å². The molecule has 0 fully saturated rings. The van der Waals surface area contributed by atoms with Crippen molar-refractivity contribution in [2.45, 2.75) is 32.5 Å². The molecule has 0 bridgehead atoms. The Labute approximate surface area is 155 Å². The van der Waals surface area contributed by atoms with Crippen molar-refractivity contribution in [3.63, 3.8) is 0 Å². The van der Waals surface area contributed by atoms with Gasteiger partial charge >= 0.3 is 6.18 Å². The van der Waals surface area contributed by atoms with Crippen molar-refractivity contribution in [2.24, 2.45) is 0 Å². The van der Waals surface area contributed by atoms with Crippen LogP contribution in [0, 0.1) is 6.92 Å². The van der Waals surface area contributed by atoms with E-state index in [2.05, 4.69) is 15.0 Å². The molecule has 0 spiro atoms. The molecule has 2 rings (SSSR count). The Morgan fingerprint density at radius 1 is 1.15 bits per heavy atom. The van der Waals surface area contributed by atoms with Crippen LogP contribution in [0.25, 0.3) is 0 Å². The van der Waals surface area contributed by atoms with Gasteiger partial charge in [0.1, 0.15) is 5.75 Å². The zero-order chi connectivity index (χ0) is 19.7. The number of amides is 1. The SMILES string of the molecule is Cc1ccc(OCCCC(=O)NCc2cccnc2OCC(F)(F)F)cc1. The molecule has 0 unspecified atom stereocenters. The average Bonchev–Trinajstić information content (AvgIpc) is 2.63. The first-order chi connectivity index (χ1) is 12.8. The fourth-order valence-corrected chi connectivity index (χ4v) is 2.18. The maximum Gasteiger partial charge on any atom is 0.422 e. The van der Waals surface area contributed by atoms with Gasteiger partial charge in [-0.2, -0.15) is 13.2 Å². The zero-order valence-electron chi connectivity index (χ0n) is 14.9. The number of halogens is 3. The number of aromatic nitrogens is 1. The molecule has 1 amide bonds. The van der Waals surface area contributed by atoms with Crippen LogP contribution in [0.2, 0.25) is 0 Å². The van der Waals surface area contributed by atoms with Gasteiger partial charge in [-0.3, -0.25) is 4.79 Å². The average molecular weight is 382 g/mol. The highest BCUT2D eigenvalue weighted by Gasteiger charge is 2.29. The van der Waals surface area contributed by atoms with Crippen LogP contribution >= 0.6 is 0 Å². The quantitative estimate of drug-likeness (QED) is 0.670. The van der Waals surface area contributed by atoms with E-state index in [-0.39, 0.29) is 24.8 Å². The van der Waals surface area contributed by atoms with Crippen molar-refractivity contribution in [3.8, 4) is 11.6 Å². The summed E-state index contributed by atoms with van der Waals surface area (Å²) in [7, 11) is 0. The minimum atomic E-state index is -4.45. The lowest BCUT2D eigenvalue weighted by Crippen LogP contribution is -2.24. The van der Waals surface area contributed by atoms with Gasteiger partial charge in [-0.05, 0) is 31.5 Å². The van der Waals surface area contributed by atoms with Crippen molar-refractivity contribution < 1.29 is 27.4 Å². The van der Waals surface area contributed by atoms with Crippen LogP contribution in [-0.4, -0.2) is 30.3 Å². The maximum absolute atomic E-state index is 12.3. The number of rotatable bonds is 9. The summed E-state index contributed by atoms with van der Waals surface area (Å²) >= 11 is 0. The predicted molar refractivity (Wildman–Crippen MR) is 93.5 cm³/mol. The largest absolute Gasteiger partial charge is 0.494 e. The lowest BCUT2D eigenvalue weighted by molar-refractivity contribution is -0.154. The van der Waals surface area contributed by atoms with Crippen LogP contribution in [-0.2, 0) is 11.3 Å². The van der Waals surface area contributed by atoms with E-state index in [0.717, 1.165) is 11.3 Å². The number of pyridine rings is 1. The summed E-state index contributed by atoms with van der Waals surface area (Å²) in [6, 6.07) is 10.7. The monoisotopic (exact) mass is 382 g/mol. The van der Waals surface area contributed by atoms with Crippen LogP contribution in [0.15, 0.2) is 42.6 Å². The highest BCUT2D eigenvalue weighted by Crippen LogP contribution is 2.20. The molecule has 0 aliphatic carbocycles. The van der Waals surface area contributed by atoms with Crippen molar-refractivity contribution in [1.29, 1.82) is 0 Å². The molecule has 0 radical (unpaired) electrons. The highest BCUT2D eigenvalue weighted by molar-refractivity contribution is 5.75. The van der Waals surface area contributed by atoms with Crippen LogP contribution < -0.4 is 14.8 Å². The van der Waals surface area contributed by atoms with Gasteiger partial charge in [0, 0.05) is 24.7 Å². The molecule has 146 valence electrons. The summed E-state index contributed by atoms with van der Waals surface area (Å²) in [5, 5.41) is 2.65. The molecule has 0 saturated carbocycles. The Kier molecular flexibility index (Phi) is 7.45. The van der Waals surface area contributed by atoms with E-state index < -0.39 is 12.8 Å². The summed E-state index contributed by atoms with van der Waals surface area (Å²) in [6.07, 6.45) is -2.36. The van der Waals surface area contributed by atoms with E-state index in [1.54, 1.807) is 12.1 Å². The number of hydrogen-bond donors (Lipinski definition) is 1. The summed E-state index contributed by atoms with van der Waals surface area (Å²) < 4.78 is 47.0. The van der Waals surface area contributed by atoms with Gasteiger partial charge in [-0.1, -0.05) is 23.8 Å². The molecular formula is C19H21F3N2O3. The fraction of sp³-hybridized carbons (Fsp3) is 0.368. The Bertz CT molecular complexity index is 734. The topological polar surface area (TPSA) is 60.5 Å². The van der Waals surface area contributed by atoms with E-state index >= 15 is 0 Å². The smallest absolute Gasteiger partial charge is 0.422 e. The number of ether oxygens (including phenoxy) is 2. The minimum absolute atomic E-state index is 0.0404. The Morgan fingerprint density at radius 2 is 1.89 bits per heavy atom. The number of nitrogens with one attached hydrogen (secondary N) is 1. The first-order valence-electron chi connectivity index (χ1n) is 8.43. The number of alkyl halides is 3. The molecule has 0 aliphatic rings. The molecule has 8 heteroatoms. The van der Waals surface area contributed by atoms with Gasteiger partial charge in [-0.25, -0.2) is 4.98 Å². The van der Waals surface area contributed by atoms with Crippen LogP contribution in [0.4, 0.5) is 13.2 Å². The van der Waals surface area contributed by atoms with Crippen LogP contribution in [0.1, 0.15) is 24.0 Å². The second-order valence-electron chi connectivity index (χ2n) is 5.91. The van der Waals surface area contributed by atoms with Gasteiger partial charge in [0.05, 0.1) is 6.61 Å². The molecule has 1 N–H and O–H groups in total. The number of benzene rings is 1. The predicted octanol–water partition coefficient (Wildman–Crippen LogP) is 3.81. The Hall–Kier alpha value is -2.77. The molecule has 0 atom stereocenters. The molecule has 5 nitrogen and oxygen atoms in total.